The van der Waals surface area contributed by atoms with Crippen LogP contribution in [-0.4, -0.2) is 6.54 Å². The molecule has 0 unspecified atom stereocenters. The summed E-state index contributed by atoms with van der Waals surface area (Å²) in [6, 6.07) is 2.02. The van der Waals surface area contributed by atoms with Crippen LogP contribution in [-0.2, 0) is 6.42 Å². The first kappa shape index (κ1) is 12.0. The average molecular weight is 217 g/mol. The Hall–Kier alpha value is -1.03. The van der Waals surface area contributed by atoms with E-state index in [2.05, 4.69) is 0 Å². The lowest BCUT2D eigenvalue weighted by Crippen LogP contribution is -2.26. The summed E-state index contributed by atoms with van der Waals surface area (Å²) < 4.78 is 38.4. The fraction of sp³-hybridized carbons (Fsp3) is 0.455. The van der Waals surface area contributed by atoms with Gasteiger partial charge in [-0.15, -0.1) is 0 Å². The fourth-order valence-electron chi connectivity index (χ4n) is 1.33. The Morgan fingerprint density at radius 2 is 1.60 bits per heavy atom. The summed E-state index contributed by atoms with van der Waals surface area (Å²) in [5.74, 6) is -3.74. The Morgan fingerprint density at radius 3 is 2.00 bits per heavy atom. The van der Waals surface area contributed by atoms with Gasteiger partial charge in [-0.2, -0.15) is 0 Å². The van der Waals surface area contributed by atoms with Crippen molar-refractivity contribution in [3.05, 3.63) is 35.1 Å². The van der Waals surface area contributed by atoms with Crippen LogP contribution in [0.3, 0.4) is 0 Å². The lowest BCUT2D eigenvalue weighted by atomic mass is 9.86. The first-order valence-corrected chi connectivity index (χ1v) is 4.69. The molecule has 0 fully saturated rings. The Kier molecular flexibility index (Phi) is 3.39. The third kappa shape index (κ3) is 2.96. The Bertz CT molecular complexity index is 338. The Balaban J connectivity index is 2.98. The molecule has 0 atom stereocenters. The number of benzene rings is 1. The third-order valence-electron chi connectivity index (χ3n) is 2.28. The molecule has 4 heteroatoms. The van der Waals surface area contributed by atoms with E-state index in [1.54, 1.807) is 0 Å². The van der Waals surface area contributed by atoms with Gasteiger partial charge in [0, 0.05) is 0 Å². The first-order chi connectivity index (χ1) is 6.85. The quantitative estimate of drug-likeness (QED) is 0.774. The number of halogens is 3. The minimum atomic E-state index is -1.43. The molecule has 1 rings (SSSR count). The Morgan fingerprint density at radius 1 is 1.13 bits per heavy atom. The van der Waals surface area contributed by atoms with Crippen LogP contribution >= 0.6 is 0 Å². The summed E-state index contributed by atoms with van der Waals surface area (Å²) >= 11 is 0. The largest absolute Gasteiger partial charge is 0.330 e. The van der Waals surface area contributed by atoms with Gasteiger partial charge in [0.05, 0.1) is 0 Å². The number of hydrogen-bond acceptors (Lipinski definition) is 1. The van der Waals surface area contributed by atoms with Crippen LogP contribution < -0.4 is 5.73 Å². The van der Waals surface area contributed by atoms with Gasteiger partial charge in [0.15, 0.2) is 17.5 Å². The van der Waals surface area contributed by atoms with Crippen molar-refractivity contribution in [2.45, 2.75) is 20.3 Å². The topological polar surface area (TPSA) is 26.0 Å². The van der Waals surface area contributed by atoms with Crippen molar-refractivity contribution < 1.29 is 13.2 Å². The van der Waals surface area contributed by atoms with Gasteiger partial charge in [0.1, 0.15) is 0 Å². The smallest absolute Gasteiger partial charge is 0.194 e. The molecule has 0 amide bonds. The molecule has 0 aliphatic rings. The highest BCUT2D eigenvalue weighted by Gasteiger charge is 2.18. The van der Waals surface area contributed by atoms with E-state index >= 15 is 0 Å². The molecular weight excluding hydrogens is 203 g/mol. The van der Waals surface area contributed by atoms with Gasteiger partial charge in [-0.1, -0.05) is 13.8 Å². The maximum Gasteiger partial charge on any atom is 0.194 e. The third-order valence-corrected chi connectivity index (χ3v) is 2.28. The summed E-state index contributed by atoms with van der Waals surface area (Å²) in [7, 11) is 0. The van der Waals surface area contributed by atoms with Gasteiger partial charge in [0.2, 0.25) is 0 Å². The number of hydrogen-bond donors (Lipinski definition) is 1. The average Bonchev–Trinajstić information content (AvgIpc) is 2.13. The number of nitrogens with two attached hydrogens (primary N) is 1. The maximum absolute atomic E-state index is 12.9. The SMILES string of the molecule is CC(C)(CN)Cc1cc(F)c(F)c(F)c1. The predicted molar refractivity (Wildman–Crippen MR) is 52.9 cm³/mol. The summed E-state index contributed by atoms with van der Waals surface area (Å²) in [5.41, 5.74) is 5.66. The van der Waals surface area contributed by atoms with E-state index < -0.39 is 17.5 Å². The van der Waals surface area contributed by atoms with E-state index in [9.17, 15) is 13.2 Å². The van der Waals surface area contributed by atoms with Crippen LogP contribution in [0.2, 0.25) is 0 Å². The zero-order valence-corrected chi connectivity index (χ0v) is 8.78. The van der Waals surface area contributed by atoms with Gasteiger partial charge >= 0.3 is 0 Å². The minimum absolute atomic E-state index is 0.253. The van der Waals surface area contributed by atoms with Crippen molar-refractivity contribution >= 4 is 0 Å². The molecule has 0 spiro atoms. The molecule has 84 valence electrons. The molecule has 0 radical (unpaired) electrons. The standard InChI is InChI=1S/C11H14F3N/c1-11(2,6-15)5-7-3-8(12)10(14)9(13)4-7/h3-4H,5-6,15H2,1-2H3. The highest BCUT2D eigenvalue weighted by Crippen LogP contribution is 2.22. The summed E-state index contributed by atoms with van der Waals surface area (Å²) in [6.07, 6.45) is 0.414. The van der Waals surface area contributed by atoms with E-state index in [0.29, 0.717) is 18.5 Å². The van der Waals surface area contributed by atoms with Crippen LogP contribution in [0.25, 0.3) is 0 Å². The normalized spacial score (nSPS) is 11.9. The molecule has 2 N–H and O–H groups in total. The van der Waals surface area contributed by atoms with Crippen molar-refractivity contribution in [2.75, 3.05) is 6.54 Å². The summed E-state index contributed by atoms with van der Waals surface area (Å²) in [6.45, 7) is 4.16. The molecule has 0 saturated carbocycles. The van der Waals surface area contributed by atoms with Gasteiger partial charge in [0.25, 0.3) is 0 Å². The number of rotatable bonds is 3. The zero-order chi connectivity index (χ0) is 11.6. The van der Waals surface area contributed by atoms with Crippen molar-refractivity contribution in [1.29, 1.82) is 0 Å². The lowest BCUT2D eigenvalue weighted by molar-refractivity contribution is 0.372. The summed E-state index contributed by atoms with van der Waals surface area (Å²) in [4.78, 5) is 0. The molecule has 0 saturated heterocycles. The van der Waals surface area contributed by atoms with Gasteiger partial charge in [-0.25, -0.2) is 13.2 Å². The molecular formula is C11H14F3N. The van der Waals surface area contributed by atoms with Crippen LogP contribution in [0.5, 0.6) is 0 Å². The van der Waals surface area contributed by atoms with E-state index in [1.807, 2.05) is 13.8 Å². The Labute approximate surface area is 87.1 Å². The van der Waals surface area contributed by atoms with Crippen molar-refractivity contribution in [3.63, 3.8) is 0 Å². The molecule has 15 heavy (non-hydrogen) atoms. The minimum Gasteiger partial charge on any atom is -0.330 e. The van der Waals surface area contributed by atoms with E-state index in [-0.39, 0.29) is 5.41 Å². The van der Waals surface area contributed by atoms with Crippen LogP contribution in [0.1, 0.15) is 19.4 Å². The zero-order valence-electron chi connectivity index (χ0n) is 8.78. The highest BCUT2D eigenvalue weighted by molar-refractivity contribution is 5.20. The second kappa shape index (κ2) is 4.23. The van der Waals surface area contributed by atoms with Gasteiger partial charge in [-0.05, 0) is 36.1 Å². The van der Waals surface area contributed by atoms with Crippen LogP contribution in [0.4, 0.5) is 13.2 Å². The predicted octanol–water partition coefficient (Wildman–Crippen LogP) is 2.63. The van der Waals surface area contributed by atoms with E-state index in [4.69, 9.17) is 5.73 Å². The highest BCUT2D eigenvalue weighted by atomic mass is 19.2. The van der Waals surface area contributed by atoms with Gasteiger partial charge < -0.3 is 5.73 Å². The molecule has 1 aromatic carbocycles. The van der Waals surface area contributed by atoms with Crippen molar-refractivity contribution in [3.8, 4) is 0 Å². The lowest BCUT2D eigenvalue weighted by Gasteiger charge is -2.22. The van der Waals surface area contributed by atoms with E-state index in [1.165, 1.54) is 0 Å². The van der Waals surface area contributed by atoms with Crippen molar-refractivity contribution in [1.82, 2.24) is 0 Å². The monoisotopic (exact) mass is 217 g/mol. The molecule has 0 aliphatic carbocycles. The molecule has 1 nitrogen and oxygen atoms in total. The second-order valence-corrected chi connectivity index (χ2v) is 4.42. The molecule has 0 heterocycles. The first-order valence-electron chi connectivity index (χ1n) is 4.69. The molecule has 0 bridgehead atoms. The van der Waals surface area contributed by atoms with Gasteiger partial charge in [-0.3, -0.25) is 0 Å². The summed E-state index contributed by atoms with van der Waals surface area (Å²) in [5, 5.41) is 0. The second-order valence-electron chi connectivity index (χ2n) is 4.42. The van der Waals surface area contributed by atoms with E-state index in [0.717, 1.165) is 12.1 Å². The molecule has 0 aromatic heterocycles. The maximum atomic E-state index is 12.9. The molecule has 1 aromatic rings. The fourth-order valence-corrected chi connectivity index (χ4v) is 1.33. The molecule has 0 aliphatic heterocycles. The van der Waals surface area contributed by atoms with Crippen LogP contribution in [0, 0.1) is 22.9 Å². The van der Waals surface area contributed by atoms with Crippen LogP contribution in [0.15, 0.2) is 12.1 Å². The van der Waals surface area contributed by atoms with Crippen molar-refractivity contribution in [2.24, 2.45) is 11.1 Å².